The molecule has 0 radical (unpaired) electrons. The van der Waals surface area contributed by atoms with Crippen molar-refractivity contribution in [2.75, 3.05) is 0 Å². The molecule has 0 fully saturated rings. The molecule has 4 aromatic rings. The summed E-state index contributed by atoms with van der Waals surface area (Å²) in [6, 6.07) is 26.9. The number of halogens is 1. The summed E-state index contributed by atoms with van der Waals surface area (Å²) >= 11 is 5.93. The van der Waals surface area contributed by atoms with Gasteiger partial charge in [-0.05, 0) is 35.4 Å². The number of nitrogens with zero attached hydrogens (tertiary/aromatic N) is 2. The van der Waals surface area contributed by atoms with Gasteiger partial charge in [-0.1, -0.05) is 72.3 Å². The highest BCUT2D eigenvalue weighted by Crippen LogP contribution is 2.22. The van der Waals surface area contributed by atoms with E-state index >= 15 is 0 Å². The van der Waals surface area contributed by atoms with Gasteiger partial charge in [0.15, 0.2) is 0 Å². The third-order valence-electron chi connectivity index (χ3n) is 4.48. The lowest BCUT2D eigenvalue weighted by Crippen LogP contribution is -2.29. The monoisotopic (exact) mass is 387 g/mol. The van der Waals surface area contributed by atoms with E-state index in [1.807, 2.05) is 72.8 Å². The average Bonchev–Trinajstić information content (AvgIpc) is 3.24. The Hall–Kier alpha value is -3.37. The molecule has 1 amide bonds. The topological polar surface area (TPSA) is 46.9 Å². The van der Waals surface area contributed by atoms with Gasteiger partial charge in [-0.15, -0.1) is 0 Å². The van der Waals surface area contributed by atoms with E-state index in [2.05, 4.69) is 10.4 Å². The van der Waals surface area contributed by atoms with Gasteiger partial charge < -0.3 is 5.32 Å². The molecule has 4 rings (SSSR count). The van der Waals surface area contributed by atoms with E-state index < -0.39 is 0 Å². The Morgan fingerprint density at radius 1 is 0.857 bits per heavy atom. The van der Waals surface area contributed by atoms with Crippen molar-refractivity contribution in [2.45, 2.75) is 6.04 Å². The van der Waals surface area contributed by atoms with Crippen molar-refractivity contribution in [2.24, 2.45) is 0 Å². The molecule has 0 spiro atoms. The number of carbonyl (C=O) groups excluding carboxylic acids is 1. The number of rotatable bonds is 5. The zero-order valence-electron chi connectivity index (χ0n) is 15.0. The first-order valence-corrected chi connectivity index (χ1v) is 9.30. The summed E-state index contributed by atoms with van der Waals surface area (Å²) < 4.78 is 1.66. The van der Waals surface area contributed by atoms with Crippen molar-refractivity contribution in [1.29, 1.82) is 0 Å². The maximum absolute atomic E-state index is 12.9. The average molecular weight is 388 g/mol. The fourth-order valence-corrected chi connectivity index (χ4v) is 3.17. The zero-order chi connectivity index (χ0) is 19.3. The summed E-state index contributed by atoms with van der Waals surface area (Å²) in [6.07, 6.45) is 3.28. The summed E-state index contributed by atoms with van der Waals surface area (Å²) in [5.74, 6) is -0.182. The van der Waals surface area contributed by atoms with E-state index in [1.54, 1.807) is 29.2 Å². The van der Waals surface area contributed by atoms with Gasteiger partial charge in [-0.3, -0.25) is 4.79 Å². The Morgan fingerprint density at radius 2 is 1.43 bits per heavy atom. The van der Waals surface area contributed by atoms with Crippen LogP contribution in [0.15, 0.2) is 97.3 Å². The Balaban J connectivity index is 1.59. The van der Waals surface area contributed by atoms with Gasteiger partial charge in [-0.25, -0.2) is 4.68 Å². The second-order valence-corrected chi connectivity index (χ2v) is 6.81. The number of hydrogen-bond acceptors (Lipinski definition) is 2. The smallest absolute Gasteiger partial charge is 0.255 e. The first-order valence-electron chi connectivity index (χ1n) is 8.92. The van der Waals surface area contributed by atoms with Gasteiger partial charge in [0.25, 0.3) is 5.91 Å². The van der Waals surface area contributed by atoms with Crippen molar-refractivity contribution < 1.29 is 4.79 Å². The van der Waals surface area contributed by atoms with Gasteiger partial charge in [0.2, 0.25) is 0 Å². The van der Waals surface area contributed by atoms with Crippen LogP contribution in [0.2, 0.25) is 5.02 Å². The molecule has 0 saturated carbocycles. The van der Waals surface area contributed by atoms with Crippen molar-refractivity contribution >= 4 is 17.5 Å². The highest BCUT2D eigenvalue weighted by molar-refractivity contribution is 6.30. The second-order valence-electron chi connectivity index (χ2n) is 6.38. The lowest BCUT2D eigenvalue weighted by Gasteiger charge is -2.19. The molecular weight excluding hydrogens is 370 g/mol. The fraction of sp³-hybridized carbons (Fsp3) is 0.0435. The molecule has 28 heavy (non-hydrogen) atoms. The van der Waals surface area contributed by atoms with Crippen LogP contribution in [-0.2, 0) is 0 Å². The van der Waals surface area contributed by atoms with E-state index in [-0.39, 0.29) is 11.9 Å². The predicted molar refractivity (Wildman–Crippen MR) is 111 cm³/mol. The summed E-state index contributed by atoms with van der Waals surface area (Å²) in [5.41, 5.74) is 3.37. The Labute approximate surface area is 168 Å². The van der Waals surface area contributed by atoms with Crippen molar-refractivity contribution in [3.63, 3.8) is 0 Å². The third kappa shape index (κ3) is 3.97. The molecule has 0 aliphatic rings. The van der Waals surface area contributed by atoms with Crippen LogP contribution >= 0.6 is 11.6 Å². The minimum atomic E-state index is -0.242. The molecule has 3 aromatic carbocycles. The summed E-state index contributed by atoms with van der Waals surface area (Å²) in [6.45, 7) is 0. The molecule has 0 saturated heterocycles. The van der Waals surface area contributed by atoms with E-state index in [0.717, 1.165) is 16.8 Å². The fourth-order valence-electron chi connectivity index (χ4n) is 3.04. The summed E-state index contributed by atoms with van der Waals surface area (Å²) in [4.78, 5) is 12.9. The van der Waals surface area contributed by atoms with E-state index in [0.29, 0.717) is 10.6 Å². The van der Waals surface area contributed by atoms with Crippen molar-refractivity contribution in [1.82, 2.24) is 15.1 Å². The lowest BCUT2D eigenvalue weighted by atomic mass is 9.98. The summed E-state index contributed by atoms with van der Waals surface area (Å²) in [5, 5.41) is 8.08. The van der Waals surface area contributed by atoms with Gasteiger partial charge in [0, 0.05) is 11.2 Å². The van der Waals surface area contributed by atoms with Gasteiger partial charge in [0.1, 0.15) is 0 Å². The number of nitrogens with one attached hydrogen (secondary N) is 1. The number of aromatic nitrogens is 2. The highest BCUT2D eigenvalue weighted by atomic mass is 35.5. The Kier molecular flexibility index (Phi) is 5.22. The first-order chi connectivity index (χ1) is 13.7. The quantitative estimate of drug-likeness (QED) is 0.521. The molecule has 0 atom stereocenters. The number of benzene rings is 3. The Bertz CT molecular complexity index is 1020. The molecule has 0 aliphatic carbocycles. The van der Waals surface area contributed by atoms with E-state index in [9.17, 15) is 4.79 Å². The number of hydrogen-bond donors (Lipinski definition) is 1. The molecule has 1 heterocycles. The van der Waals surface area contributed by atoms with Crippen LogP contribution in [0, 0.1) is 0 Å². The molecule has 0 aliphatic heterocycles. The van der Waals surface area contributed by atoms with Crippen molar-refractivity contribution in [3.8, 4) is 5.69 Å². The van der Waals surface area contributed by atoms with Gasteiger partial charge in [0.05, 0.1) is 23.5 Å². The lowest BCUT2D eigenvalue weighted by molar-refractivity contribution is 0.0943. The van der Waals surface area contributed by atoms with Crippen molar-refractivity contribution in [3.05, 3.63) is 119 Å². The molecule has 4 nitrogen and oxygen atoms in total. The molecule has 0 unspecified atom stereocenters. The highest BCUT2D eigenvalue weighted by Gasteiger charge is 2.18. The van der Waals surface area contributed by atoms with Crippen LogP contribution in [-0.4, -0.2) is 15.7 Å². The molecule has 138 valence electrons. The SMILES string of the molecule is O=C(NC(c1ccccc1)c1ccccc1)c1cnn(-c2ccc(Cl)cc2)c1. The zero-order valence-corrected chi connectivity index (χ0v) is 15.8. The van der Waals surface area contributed by atoms with Gasteiger partial charge in [-0.2, -0.15) is 5.10 Å². The predicted octanol–water partition coefficient (Wildman–Crippen LogP) is 5.05. The minimum absolute atomic E-state index is 0.182. The number of amides is 1. The first kappa shape index (κ1) is 18.0. The van der Waals surface area contributed by atoms with E-state index in [4.69, 9.17) is 11.6 Å². The van der Waals surface area contributed by atoms with Crippen LogP contribution in [0.4, 0.5) is 0 Å². The normalized spacial score (nSPS) is 10.8. The second kappa shape index (κ2) is 8.11. The third-order valence-corrected chi connectivity index (χ3v) is 4.73. The maximum atomic E-state index is 12.9. The van der Waals surface area contributed by atoms with Crippen LogP contribution in [0.1, 0.15) is 27.5 Å². The van der Waals surface area contributed by atoms with E-state index in [1.165, 1.54) is 0 Å². The summed E-state index contributed by atoms with van der Waals surface area (Å²) in [7, 11) is 0. The molecular formula is C23H18ClN3O. The maximum Gasteiger partial charge on any atom is 0.255 e. The number of carbonyl (C=O) groups is 1. The van der Waals surface area contributed by atoms with Crippen LogP contribution in [0.5, 0.6) is 0 Å². The standard InChI is InChI=1S/C23H18ClN3O/c24-20-11-13-21(14-12-20)27-16-19(15-25-27)23(28)26-22(17-7-3-1-4-8-17)18-9-5-2-6-10-18/h1-16,22H,(H,26,28). The molecule has 1 N–H and O–H groups in total. The minimum Gasteiger partial charge on any atom is -0.341 e. The molecule has 5 heteroatoms. The van der Waals surface area contributed by atoms with Crippen LogP contribution in [0.25, 0.3) is 5.69 Å². The van der Waals surface area contributed by atoms with Crippen LogP contribution < -0.4 is 5.32 Å². The van der Waals surface area contributed by atoms with Crippen LogP contribution in [0.3, 0.4) is 0 Å². The molecule has 1 aromatic heterocycles. The largest absolute Gasteiger partial charge is 0.341 e. The molecule has 0 bridgehead atoms. The van der Waals surface area contributed by atoms with Gasteiger partial charge >= 0.3 is 0 Å². The Morgan fingerprint density at radius 3 is 2.00 bits per heavy atom.